The molecule has 0 radical (unpaired) electrons. The van der Waals surface area contributed by atoms with Gasteiger partial charge in [-0.2, -0.15) is 0 Å². The molecule has 6 nitrogen and oxygen atoms in total. The first-order valence-electron chi connectivity index (χ1n) is 7.32. The molecule has 0 saturated carbocycles. The molecule has 1 N–H and O–H groups in total. The van der Waals surface area contributed by atoms with E-state index in [0.29, 0.717) is 36.0 Å². The summed E-state index contributed by atoms with van der Waals surface area (Å²) in [5.74, 6) is 0.202. The molecular formula is C16H17ClN2O4. The molecule has 2 heterocycles. The molecule has 1 aromatic carbocycles. The van der Waals surface area contributed by atoms with Gasteiger partial charge in [0.25, 0.3) is 5.91 Å². The third-order valence-corrected chi connectivity index (χ3v) is 4.11. The maximum absolute atomic E-state index is 12.7. The minimum atomic E-state index is -0.333. The predicted molar refractivity (Wildman–Crippen MR) is 83.2 cm³/mol. The molecule has 1 amide bonds. The molecule has 0 spiro atoms. The van der Waals surface area contributed by atoms with Crippen molar-refractivity contribution in [2.45, 2.75) is 19.6 Å². The van der Waals surface area contributed by atoms with E-state index in [9.17, 15) is 9.90 Å². The van der Waals surface area contributed by atoms with E-state index >= 15 is 0 Å². The number of aliphatic hydroxyl groups is 1. The van der Waals surface area contributed by atoms with Gasteiger partial charge in [-0.25, -0.2) is 0 Å². The summed E-state index contributed by atoms with van der Waals surface area (Å²) in [6.07, 6.45) is -0.232. The lowest BCUT2D eigenvalue weighted by Crippen LogP contribution is -2.42. The zero-order valence-corrected chi connectivity index (χ0v) is 13.4. The van der Waals surface area contributed by atoms with Gasteiger partial charge in [-0.1, -0.05) is 28.9 Å². The Balaban J connectivity index is 1.81. The van der Waals surface area contributed by atoms with Crippen molar-refractivity contribution in [2.24, 2.45) is 0 Å². The van der Waals surface area contributed by atoms with Gasteiger partial charge in [-0.15, -0.1) is 0 Å². The molecule has 1 atom stereocenters. The van der Waals surface area contributed by atoms with Gasteiger partial charge in [0.2, 0.25) is 0 Å². The molecule has 1 aliphatic heterocycles. The fraction of sp³-hybridized carbons (Fsp3) is 0.375. The zero-order chi connectivity index (χ0) is 16.4. The van der Waals surface area contributed by atoms with Gasteiger partial charge >= 0.3 is 0 Å². The fourth-order valence-electron chi connectivity index (χ4n) is 2.70. The van der Waals surface area contributed by atoms with Crippen molar-refractivity contribution in [2.75, 3.05) is 19.7 Å². The number of aryl methyl sites for hydroxylation is 1. The normalized spacial score (nSPS) is 18.2. The van der Waals surface area contributed by atoms with Crippen molar-refractivity contribution in [3.63, 3.8) is 0 Å². The van der Waals surface area contributed by atoms with Crippen LogP contribution in [0.1, 0.15) is 33.5 Å². The first-order valence-corrected chi connectivity index (χ1v) is 7.70. The van der Waals surface area contributed by atoms with Gasteiger partial charge in [-0.3, -0.25) is 4.79 Å². The highest BCUT2D eigenvalue weighted by Gasteiger charge is 2.30. The number of aliphatic hydroxyl groups excluding tert-OH is 1. The highest BCUT2D eigenvalue weighted by Crippen LogP contribution is 2.26. The van der Waals surface area contributed by atoms with Crippen LogP contribution in [-0.4, -0.2) is 40.8 Å². The van der Waals surface area contributed by atoms with Crippen molar-refractivity contribution >= 4 is 17.5 Å². The third-order valence-electron chi connectivity index (χ3n) is 3.87. The van der Waals surface area contributed by atoms with Crippen LogP contribution in [0.4, 0.5) is 0 Å². The molecule has 1 aromatic heterocycles. The van der Waals surface area contributed by atoms with Crippen LogP contribution < -0.4 is 0 Å². The number of carbonyl (C=O) groups excluding carboxylic acids is 1. The van der Waals surface area contributed by atoms with E-state index in [-0.39, 0.29) is 24.3 Å². The first-order chi connectivity index (χ1) is 11.1. The van der Waals surface area contributed by atoms with E-state index in [1.54, 1.807) is 17.9 Å². The fourth-order valence-corrected chi connectivity index (χ4v) is 2.90. The second-order valence-electron chi connectivity index (χ2n) is 5.38. The number of halogens is 1. The average molecular weight is 337 g/mol. The topological polar surface area (TPSA) is 75.8 Å². The molecule has 1 aliphatic rings. The monoisotopic (exact) mass is 336 g/mol. The minimum absolute atomic E-state index is 0.205. The lowest BCUT2D eigenvalue weighted by molar-refractivity contribution is -0.0229. The van der Waals surface area contributed by atoms with E-state index in [1.165, 1.54) is 0 Å². The molecule has 122 valence electrons. The number of rotatable bonds is 3. The molecular weight excluding hydrogens is 320 g/mol. The summed E-state index contributed by atoms with van der Waals surface area (Å²) in [6, 6.07) is 7.42. The van der Waals surface area contributed by atoms with Gasteiger partial charge < -0.3 is 19.3 Å². The Morgan fingerprint density at radius 1 is 1.52 bits per heavy atom. The van der Waals surface area contributed by atoms with Crippen LogP contribution in [-0.2, 0) is 11.3 Å². The largest absolute Gasteiger partial charge is 0.390 e. The third kappa shape index (κ3) is 3.24. The van der Waals surface area contributed by atoms with Gasteiger partial charge in [0.15, 0.2) is 0 Å². The number of nitrogens with zero attached hydrogens (tertiary/aromatic N) is 2. The maximum atomic E-state index is 12.7. The molecule has 2 aromatic rings. The van der Waals surface area contributed by atoms with Gasteiger partial charge in [0.05, 0.1) is 19.8 Å². The van der Waals surface area contributed by atoms with Gasteiger partial charge in [0.1, 0.15) is 23.1 Å². The summed E-state index contributed by atoms with van der Waals surface area (Å²) < 4.78 is 10.8. The van der Waals surface area contributed by atoms with Crippen molar-refractivity contribution < 1.29 is 19.2 Å². The minimum Gasteiger partial charge on any atom is -0.390 e. The predicted octanol–water partition coefficient (Wildman–Crippen LogP) is 2.34. The Morgan fingerprint density at radius 3 is 3.09 bits per heavy atom. The van der Waals surface area contributed by atoms with E-state index in [2.05, 4.69) is 5.16 Å². The first kappa shape index (κ1) is 16.0. The van der Waals surface area contributed by atoms with E-state index in [4.69, 9.17) is 20.9 Å². The lowest BCUT2D eigenvalue weighted by atomic mass is 10.1. The van der Waals surface area contributed by atoms with Crippen LogP contribution in [0.5, 0.6) is 0 Å². The van der Waals surface area contributed by atoms with E-state index in [1.807, 2.05) is 18.2 Å². The number of benzene rings is 1. The lowest BCUT2D eigenvalue weighted by Gasteiger charge is -2.33. The Labute approximate surface area is 138 Å². The molecule has 1 saturated heterocycles. The number of ether oxygens (including phenoxy) is 1. The average Bonchev–Trinajstić information content (AvgIpc) is 2.95. The van der Waals surface area contributed by atoms with Crippen LogP contribution in [0.3, 0.4) is 0 Å². The highest BCUT2D eigenvalue weighted by atomic mass is 35.5. The van der Waals surface area contributed by atoms with E-state index in [0.717, 1.165) is 5.56 Å². The molecule has 1 unspecified atom stereocenters. The summed E-state index contributed by atoms with van der Waals surface area (Å²) >= 11 is 6.02. The smallest absolute Gasteiger partial charge is 0.259 e. The second kappa shape index (κ2) is 6.70. The Bertz CT molecular complexity index is 716. The van der Waals surface area contributed by atoms with Crippen molar-refractivity contribution in [3.8, 4) is 0 Å². The van der Waals surface area contributed by atoms with Crippen molar-refractivity contribution in [1.29, 1.82) is 0 Å². The molecule has 0 bridgehead atoms. The van der Waals surface area contributed by atoms with Crippen LogP contribution in [0.15, 0.2) is 28.8 Å². The number of carbonyl (C=O) groups is 1. The summed E-state index contributed by atoms with van der Waals surface area (Å²) in [5, 5.41) is 13.7. The second-order valence-corrected chi connectivity index (χ2v) is 5.82. The Morgan fingerprint density at radius 2 is 2.35 bits per heavy atom. The number of aromatic nitrogens is 1. The van der Waals surface area contributed by atoms with Crippen LogP contribution >= 0.6 is 11.6 Å². The van der Waals surface area contributed by atoms with Gasteiger partial charge in [0, 0.05) is 11.6 Å². The van der Waals surface area contributed by atoms with Crippen LogP contribution in [0.25, 0.3) is 0 Å². The molecule has 7 heteroatoms. The number of amides is 1. The quantitative estimate of drug-likeness (QED) is 0.931. The zero-order valence-electron chi connectivity index (χ0n) is 12.7. The van der Waals surface area contributed by atoms with Crippen LogP contribution in [0.2, 0.25) is 5.02 Å². The standard InChI is InChI=1S/C16H17ClN2O4/c1-10-15(13(9-20)18-23-10)16(21)19-5-6-22-14(8-19)11-3-2-4-12(17)7-11/h2-4,7,14,20H,5-6,8-9H2,1H3. The number of hydrogen-bond donors (Lipinski definition) is 1. The molecule has 0 aliphatic carbocycles. The molecule has 23 heavy (non-hydrogen) atoms. The van der Waals surface area contributed by atoms with Gasteiger partial charge in [-0.05, 0) is 24.6 Å². The summed E-state index contributed by atoms with van der Waals surface area (Å²) in [4.78, 5) is 14.4. The maximum Gasteiger partial charge on any atom is 0.259 e. The Kier molecular flexibility index (Phi) is 4.66. The summed E-state index contributed by atoms with van der Waals surface area (Å²) in [6.45, 7) is 2.65. The SMILES string of the molecule is Cc1onc(CO)c1C(=O)N1CCOC(c2cccc(Cl)c2)C1. The number of hydrogen-bond acceptors (Lipinski definition) is 5. The number of morpholine rings is 1. The summed E-state index contributed by atoms with van der Waals surface area (Å²) in [5.41, 5.74) is 1.52. The van der Waals surface area contributed by atoms with Crippen molar-refractivity contribution in [1.82, 2.24) is 10.1 Å². The van der Waals surface area contributed by atoms with Crippen molar-refractivity contribution in [3.05, 3.63) is 51.9 Å². The molecule has 1 fully saturated rings. The summed E-state index contributed by atoms with van der Waals surface area (Å²) in [7, 11) is 0. The van der Waals surface area contributed by atoms with E-state index < -0.39 is 0 Å². The highest BCUT2D eigenvalue weighted by molar-refractivity contribution is 6.30. The Hall–Kier alpha value is -1.89. The molecule has 3 rings (SSSR count). The van der Waals surface area contributed by atoms with Crippen LogP contribution in [0, 0.1) is 6.92 Å².